The van der Waals surface area contributed by atoms with Gasteiger partial charge < -0.3 is 5.73 Å². The maximum absolute atomic E-state index is 13.6. The van der Waals surface area contributed by atoms with Gasteiger partial charge >= 0.3 is 0 Å². The number of nitrogens with two attached hydrogens (primary N) is 1. The monoisotopic (exact) mass is 312 g/mol. The van der Waals surface area contributed by atoms with E-state index >= 15 is 0 Å². The number of aryl methyl sites for hydroxylation is 1. The predicted octanol–water partition coefficient (Wildman–Crippen LogP) is 2.91. The van der Waals surface area contributed by atoms with Gasteiger partial charge in [-0.25, -0.2) is 17.2 Å². The Balaban J connectivity index is 2.35. The van der Waals surface area contributed by atoms with Crippen LogP contribution in [0.1, 0.15) is 12.5 Å². The van der Waals surface area contributed by atoms with E-state index in [1.165, 1.54) is 0 Å². The van der Waals surface area contributed by atoms with Gasteiger partial charge in [-0.3, -0.25) is 4.72 Å². The van der Waals surface area contributed by atoms with Crippen molar-refractivity contribution in [2.75, 3.05) is 10.5 Å². The van der Waals surface area contributed by atoms with Crippen molar-refractivity contribution in [3.05, 3.63) is 53.6 Å². The molecule has 0 bridgehead atoms. The molecule has 3 N–H and O–H groups in total. The van der Waals surface area contributed by atoms with Crippen molar-refractivity contribution in [1.29, 1.82) is 0 Å². The minimum absolute atomic E-state index is 0.287. The standard InChI is InChI=1S/C14H14F2N2O2S/c1-2-9-3-5-10(6-4-9)18-21(19,20)14-8-13(17)11(15)7-12(14)16/h3-8,18H,2,17H2,1H3. The fraction of sp³-hybridized carbons (Fsp3) is 0.143. The normalized spacial score (nSPS) is 11.4. The van der Waals surface area contributed by atoms with E-state index in [4.69, 9.17) is 5.73 Å². The van der Waals surface area contributed by atoms with E-state index in [2.05, 4.69) is 4.72 Å². The molecular weight excluding hydrogens is 298 g/mol. The number of hydrogen-bond donors (Lipinski definition) is 2. The topological polar surface area (TPSA) is 72.2 Å². The van der Waals surface area contributed by atoms with Gasteiger partial charge in [0.2, 0.25) is 0 Å². The third kappa shape index (κ3) is 3.30. The average Bonchev–Trinajstić information content (AvgIpc) is 2.43. The first-order valence-electron chi connectivity index (χ1n) is 6.19. The van der Waals surface area contributed by atoms with Crippen molar-refractivity contribution < 1.29 is 17.2 Å². The molecule has 4 nitrogen and oxygen atoms in total. The third-order valence-corrected chi connectivity index (χ3v) is 4.35. The number of rotatable bonds is 4. The van der Waals surface area contributed by atoms with Crippen molar-refractivity contribution in [1.82, 2.24) is 0 Å². The van der Waals surface area contributed by atoms with E-state index in [0.717, 1.165) is 18.1 Å². The molecule has 0 aliphatic rings. The molecule has 112 valence electrons. The lowest BCUT2D eigenvalue weighted by atomic mass is 10.2. The molecule has 0 aliphatic heterocycles. The van der Waals surface area contributed by atoms with Crippen LogP contribution in [-0.2, 0) is 16.4 Å². The molecule has 21 heavy (non-hydrogen) atoms. The van der Waals surface area contributed by atoms with Gasteiger partial charge in [-0.15, -0.1) is 0 Å². The summed E-state index contributed by atoms with van der Waals surface area (Å²) < 4.78 is 53.2. The number of sulfonamides is 1. The highest BCUT2D eigenvalue weighted by Crippen LogP contribution is 2.23. The minimum Gasteiger partial charge on any atom is -0.396 e. The zero-order valence-electron chi connectivity index (χ0n) is 11.2. The largest absolute Gasteiger partial charge is 0.396 e. The van der Waals surface area contributed by atoms with Crippen LogP contribution in [-0.4, -0.2) is 8.42 Å². The fourth-order valence-electron chi connectivity index (χ4n) is 1.77. The van der Waals surface area contributed by atoms with Crippen LogP contribution in [0, 0.1) is 11.6 Å². The van der Waals surface area contributed by atoms with Gasteiger partial charge in [-0.1, -0.05) is 19.1 Å². The van der Waals surface area contributed by atoms with Crippen LogP contribution in [0.4, 0.5) is 20.2 Å². The van der Waals surface area contributed by atoms with Crippen LogP contribution in [0.25, 0.3) is 0 Å². The van der Waals surface area contributed by atoms with Crippen LogP contribution in [0.15, 0.2) is 41.3 Å². The first-order valence-corrected chi connectivity index (χ1v) is 7.68. The van der Waals surface area contributed by atoms with Gasteiger partial charge in [0.1, 0.15) is 16.5 Å². The van der Waals surface area contributed by atoms with Gasteiger partial charge in [0, 0.05) is 11.8 Å². The third-order valence-electron chi connectivity index (χ3n) is 2.96. The van der Waals surface area contributed by atoms with Gasteiger partial charge in [-0.05, 0) is 30.2 Å². The van der Waals surface area contributed by atoms with Crippen molar-refractivity contribution in [3.8, 4) is 0 Å². The summed E-state index contributed by atoms with van der Waals surface area (Å²) >= 11 is 0. The number of nitrogen functional groups attached to an aromatic ring is 1. The van der Waals surface area contributed by atoms with Gasteiger partial charge in [0.05, 0.1) is 5.69 Å². The maximum Gasteiger partial charge on any atom is 0.264 e. The summed E-state index contributed by atoms with van der Waals surface area (Å²) in [5, 5.41) is 0. The van der Waals surface area contributed by atoms with E-state index in [1.54, 1.807) is 24.3 Å². The Hall–Kier alpha value is -2.15. The summed E-state index contributed by atoms with van der Waals surface area (Å²) in [5.74, 6) is -2.20. The Morgan fingerprint density at radius 1 is 1.10 bits per heavy atom. The van der Waals surface area contributed by atoms with Gasteiger partial charge in [-0.2, -0.15) is 0 Å². The second-order valence-electron chi connectivity index (χ2n) is 4.46. The molecular formula is C14H14F2N2O2S. The van der Waals surface area contributed by atoms with Crippen molar-refractivity contribution in [3.63, 3.8) is 0 Å². The highest BCUT2D eigenvalue weighted by atomic mass is 32.2. The minimum atomic E-state index is -4.17. The zero-order valence-corrected chi connectivity index (χ0v) is 12.0. The number of hydrogen-bond acceptors (Lipinski definition) is 3. The van der Waals surface area contributed by atoms with Crippen molar-refractivity contribution in [2.45, 2.75) is 18.2 Å². The van der Waals surface area contributed by atoms with E-state index in [-0.39, 0.29) is 5.69 Å². The molecule has 0 atom stereocenters. The molecule has 2 aromatic carbocycles. The average molecular weight is 312 g/mol. The SMILES string of the molecule is CCc1ccc(NS(=O)(=O)c2cc(N)c(F)cc2F)cc1. The summed E-state index contributed by atoms with van der Waals surface area (Å²) in [6.45, 7) is 1.97. The van der Waals surface area contributed by atoms with Crippen molar-refractivity contribution in [2.24, 2.45) is 0 Å². The van der Waals surface area contributed by atoms with Crippen LogP contribution >= 0.6 is 0 Å². The molecule has 0 unspecified atom stereocenters. The highest BCUT2D eigenvalue weighted by Gasteiger charge is 2.21. The Bertz CT molecular complexity index is 759. The summed E-state index contributed by atoms with van der Waals surface area (Å²) in [6.07, 6.45) is 0.816. The van der Waals surface area contributed by atoms with Crippen molar-refractivity contribution >= 4 is 21.4 Å². The number of anilines is 2. The lowest BCUT2D eigenvalue weighted by molar-refractivity contribution is 0.553. The Kier molecular flexibility index (Phi) is 4.13. The van der Waals surface area contributed by atoms with Crippen LogP contribution in [0.3, 0.4) is 0 Å². The lowest BCUT2D eigenvalue weighted by Crippen LogP contribution is -2.15. The highest BCUT2D eigenvalue weighted by molar-refractivity contribution is 7.92. The molecule has 2 rings (SSSR count). The van der Waals surface area contributed by atoms with Crippen LogP contribution in [0.5, 0.6) is 0 Å². The molecule has 0 aliphatic carbocycles. The lowest BCUT2D eigenvalue weighted by Gasteiger charge is -2.10. The Labute approximate surface area is 121 Å². The first kappa shape index (κ1) is 15.2. The molecule has 0 saturated heterocycles. The summed E-state index contributed by atoms with van der Waals surface area (Å²) in [7, 11) is -4.17. The molecule has 0 fully saturated rings. The molecule has 0 aromatic heterocycles. The molecule has 0 saturated carbocycles. The van der Waals surface area contributed by atoms with Crippen LogP contribution in [0.2, 0.25) is 0 Å². The molecule has 0 heterocycles. The number of nitrogens with one attached hydrogen (secondary N) is 1. The maximum atomic E-state index is 13.6. The molecule has 0 radical (unpaired) electrons. The second kappa shape index (κ2) is 5.69. The van der Waals surface area contributed by atoms with E-state index in [0.29, 0.717) is 6.07 Å². The molecule has 7 heteroatoms. The van der Waals surface area contributed by atoms with E-state index in [1.807, 2.05) is 6.92 Å². The molecule has 0 spiro atoms. The summed E-state index contributed by atoms with van der Waals surface area (Å²) in [4.78, 5) is -0.694. The van der Waals surface area contributed by atoms with E-state index < -0.39 is 32.2 Å². The smallest absolute Gasteiger partial charge is 0.264 e. The molecule has 2 aromatic rings. The predicted molar refractivity (Wildman–Crippen MR) is 77.4 cm³/mol. The quantitative estimate of drug-likeness (QED) is 0.853. The first-order chi connectivity index (χ1) is 9.83. The van der Waals surface area contributed by atoms with Gasteiger partial charge in [0.25, 0.3) is 10.0 Å². The summed E-state index contributed by atoms with van der Waals surface area (Å²) in [5.41, 5.74) is 6.18. The Morgan fingerprint density at radius 2 is 1.71 bits per heavy atom. The number of halogens is 2. The molecule has 0 amide bonds. The zero-order chi connectivity index (χ0) is 15.6. The van der Waals surface area contributed by atoms with Gasteiger partial charge in [0.15, 0.2) is 0 Å². The van der Waals surface area contributed by atoms with E-state index in [9.17, 15) is 17.2 Å². The number of benzene rings is 2. The van der Waals surface area contributed by atoms with Crippen LogP contribution < -0.4 is 10.5 Å². The summed E-state index contributed by atoms with van der Waals surface area (Å²) in [6, 6.07) is 7.86. The Morgan fingerprint density at radius 3 is 2.29 bits per heavy atom. The second-order valence-corrected chi connectivity index (χ2v) is 6.11. The fourth-order valence-corrected chi connectivity index (χ4v) is 2.92.